The summed E-state index contributed by atoms with van der Waals surface area (Å²) in [7, 11) is -3.24. The van der Waals surface area contributed by atoms with E-state index in [9.17, 15) is 13.2 Å². The molecule has 1 aliphatic rings. The van der Waals surface area contributed by atoms with Crippen molar-refractivity contribution in [3.8, 4) is 0 Å². The summed E-state index contributed by atoms with van der Waals surface area (Å²) < 4.78 is 24.3. The summed E-state index contributed by atoms with van der Waals surface area (Å²) in [5, 5.41) is 7.20. The van der Waals surface area contributed by atoms with Gasteiger partial charge in [-0.2, -0.15) is 5.10 Å². The van der Waals surface area contributed by atoms with E-state index in [2.05, 4.69) is 14.9 Å². The minimum absolute atomic E-state index is 0.0110. The van der Waals surface area contributed by atoms with Crippen LogP contribution in [0.5, 0.6) is 0 Å². The van der Waals surface area contributed by atoms with Crippen molar-refractivity contribution in [2.75, 3.05) is 25.9 Å². The number of likely N-dealkylation sites (tertiary alicyclic amines) is 1. The summed E-state index contributed by atoms with van der Waals surface area (Å²) in [6.45, 7) is 3.50. The number of piperidine rings is 1. The molecule has 0 radical (unpaired) electrons. The van der Waals surface area contributed by atoms with Gasteiger partial charge >= 0.3 is 0 Å². The monoisotopic (exact) mass is 314 g/mol. The number of sulfonamides is 1. The van der Waals surface area contributed by atoms with Gasteiger partial charge in [-0.05, 0) is 25.8 Å². The second-order valence-electron chi connectivity index (χ2n) is 5.57. The third-order valence-corrected chi connectivity index (χ3v) is 4.35. The fraction of sp³-hybridized carbons (Fsp3) is 0.692. The highest BCUT2D eigenvalue weighted by molar-refractivity contribution is 7.88. The van der Waals surface area contributed by atoms with Gasteiger partial charge in [-0.15, -0.1) is 0 Å². The number of carbonyl (C=O) groups is 1. The lowest BCUT2D eigenvalue weighted by Crippen LogP contribution is -2.40. The predicted molar refractivity (Wildman–Crippen MR) is 79.3 cm³/mol. The molecule has 1 saturated heterocycles. The van der Waals surface area contributed by atoms with Crippen LogP contribution in [-0.2, 0) is 14.8 Å². The molecule has 0 unspecified atom stereocenters. The maximum absolute atomic E-state index is 12.1. The first-order valence-electron chi connectivity index (χ1n) is 7.09. The molecule has 1 amide bonds. The quantitative estimate of drug-likeness (QED) is 0.820. The van der Waals surface area contributed by atoms with E-state index in [1.54, 1.807) is 0 Å². The van der Waals surface area contributed by atoms with E-state index in [1.807, 2.05) is 17.9 Å². The summed E-state index contributed by atoms with van der Waals surface area (Å²) in [6, 6.07) is 2.02. The number of hydrogen-bond donors (Lipinski definition) is 2. The Hall–Kier alpha value is -1.41. The third-order valence-electron chi connectivity index (χ3n) is 3.62. The zero-order valence-electron chi connectivity index (χ0n) is 12.4. The summed E-state index contributed by atoms with van der Waals surface area (Å²) in [5.41, 5.74) is 2.02. The second-order valence-corrected chi connectivity index (χ2v) is 7.40. The maximum Gasteiger partial charge on any atom is 0.223 e. The summed E-state index contributed by atoms with van der Waals surface area (Å²) in [6.07, 6.45) is 3.26. The van der Waals surface area contributed by atoms with Crippen LogP contribution in [0.4, 0.5) is 0 Å². The average Bonchev–Trinajstić information content (AvgIpc) is 2.84. The van der Waals surface area contributed by atoms with Gasteiger partial charge in [-0.3, -0.25) is 9.89 Å². The van der Waals surface area contributed by atoms with Crippen LogP contribution >= 0.6 is 0 Å². The fourth-order valence-corrected chi connectivity index (χ4v) is 3.07. The van der Waals surface area contributed by atoms with Gasteiger partial charge in [0.15, 0.2) is 0 Å². The summed E-state index contributed by atoms with van der Waals surface area (Å²) >= 11 is 0. The normalized spacial score (nSPS) is 19.7. The molecule has 0 aliphatic carbocycles. The van der Waals surface area contributed by atoms with Crippen molar-refractivity contribution in [2.24, 2.45) is 0 Å². The molecule has 0 saturated carbocycles. The van der Waals surface area contributed by atoms with Crippen LogP contribution in [-0.4, -0.2) is 55.3 Å². The minimum atomic E-state index is -3.24. The van der Waals surface area contributed by atoms with Crippen LogP contribution < -0.4 is 4.72 Å². The van der Waals surface area contributed by atoms with Crippen molar-refractivity contribution in [2.45, 2.75) is 32.1 Å². The molecule has 1 aliphatic heterocycles. The zero-order valence-corrected chi connectivity index (χ0v) is 13.2. The molecule has 1 atom stereocenters. The van der Waals surface area contributed by atoms with Gasteiger partial charge in [0.25, 0.3) is 0 Å². The second kappa shape index (κ2) is 6.57. The van der Waals surface area contributed by atoms with Crippen LogP contribution in [0.2, 0.25) is 0 Å². The van der Waals surface area contributed by atoms with Crippen molar-refractivity contribution < 1.29 is 13.2 Å². The number of nitrogens with zero attached hydrogens (tertiary/aromatic N) is 2. The van der Waals surface area contributed by atoms with E-state index in [0.29, 0.717) is 6.54 Å². The Morgan fingerprint density at radius 3 is 2.95 bits per heavy atom. The molecule has 7 nitrogen and oxygen atoms in total. The standard InChI is InChI=1S/C13H22N4O3S/c1-10-8-12(16-15-10)11-4-3-7-17(9-11)13(18)5-6-14-21(2,19)20/h8,11,14H,3-7,9H2,1-2H3,(H,15,16)/t11-/m0/s1. The van der Waals surface area contributed by atoms with Crippen LogP contribution in [0.1, 0.15) is 36.6 Å². The van der Waals surface area contributed by atoms with E-state index in [1.165, 1.54) is 0 Å². The highest BCUT2D eigenvalue weighted by Crippen LogP contribution is 2.26. The molecule has 8 heteroatoms. The number of amides is 1. The Morgan fingerprint density at radius 2 is 2.33 bits per heavy atom. The van der Waals surface area contributed by atoms with Gasteiger partial charge in [0.05, 0.1) is 11.9 Å². The van der Waals surface area contributed by atoms with Crippen LogP contribution in [0.3, 0.4) is 0 Å². The highest BCUT2D eigenvalue weighted by Gasteiger charge is 2.25. The zero-order chi connectivity index (χ0) is 15.5. The first-order valence-corrected chi connectivity index (χ1v) is 8.98. The molecule has 2 N–H and O–H groups in total. The fourth-order valence-electron chi connectivity index (χ4n) is 2.59. The largest absolute Gasteiger partial charge is 0.342 e. The third kappa shape index (κ3) is 4.82. The van der Waals surface area contributed by atoms with E-state index in [4.69, 9.17) is 0 Å². The predicted octanol–water partition coefficient (Wildman–Crippen LogP) is 0.363. The molecule has 1 aromatic heterocycles. The Labute approximate surface area is 125 Å². The lowest BCUT2D eigenvalue weighted by Gasteiger charge is -2.32. The highest BCUT2D eigenvalue weighted by atomic mass is 32.2. The molecule has 2 rings (SSSR count). The number of H-pyrrole nitrogens is 1. The molecular formula is C13H22N4O3S. The molecule has 0 spiro atoms. The molecule has 118 valence electrons. The number of aromatic nitrogens is 2. The van der Waals surface area contributed by atoms with Crippen molar-refractivity contribution in [3.63, 3.8) is 0 Å². The van der Waals surface area contributed by atoms with Gasteiger partial charge in [0.2, 0.25) is 15.9 Å². The summed E-state index contributed by atoms with van der Waals surface area (Å²) in [5.74, 6) is 0.249. The lowest BCUT2D eigenvalue weighted by atomic mass is 9.94. The van der Waals surface area contributed by atoms with E-state index >= 15 is 0 Å². The molecule has 2 heterocycles. The van der Waals surface area contributed by atoms with E-state index in [0.717, 1.165) is 37.0 Å². The Morgan fingerprint density at radius 1 is 1.57 bits per heavy atom. The molecule has 1 fully saturated rings. The number of hydrogen-bond acceptors (Lipinski definition) is 4. The van der Waals surface area contributed by atoms with Gasteiger partial charge in [-0.1, -0.05) is 0 Å². The first-order chi connectivity index (χ1) is 9.85. The SMILES string of the molecule is Cc1cc([C@H]2CCCN(C(=O)CCNS(C)(=O)=O)C2)n[nH]1. The Balaban J connectivity index is 1.87. The lowest BCUT2D eigenvalue weighted by molar-refractivity contribution is -0.132. The molecule has 21 heavy (non-hydrogen) atoms. The number of aryl methyl sites for hydroxylation is 1. The number of aromatic amines is 1. The Bertz CT molecular complexity index is 596. The smallest absolute Gasteiger partial charge is 0.223 e. The number of rotatable bonds is 5. The minimum Gasteiger partial charge on any atom is -0.342 e. The maximum atomic E-state index is 12.1. The topological polar surface area (TPSA) is 95.2 Å². The Kier molecular flexibility index (Phi) is 5.00. The van der Waals surface area contributed by atoms with Gasteiger partial charge in [-0.25, -0.2) is 13.1 Å². The summed E-state index contributed by atoms with van der Waals surface area (Å²) in [4.78, 5) is 13.9. The number of carbonyl (C=O) groups excluding carboxylic acids is 1. The van der Waals surface area contributed by atoms with Crippen LogP contribution in [0, 0.1) is 6.92 Å². The van der Waals surface area contributed by atoms with Gasteiger partial charge < -0.3 is 4.90 Å². The van der Waals surface area contributed by atoms with Gasteiger partial charge in [0.1, 0.15) is 0 Å². The van der Waals surface area contributed by atoms with Crippen molar-refractivity contribution >= 4 is 15.9 Å². The number of nitrogens with one attached hydrogen (secondary N) is 2. The van der Waals surface area contributed by atoms with Crippen LogP contribution in [0.15, 0.2) is 6.07 Å². The molecule has 1 aromatic rings. The average molecular weight is 314 g/mol. The molecule has 0 aromatic carbocycles. The molecular weight excluding hydrogens is 292 g/mol. The van der Waals surface area contributed by atoms with Crippen molar-refractivity contribution in [1.82, 2.24) is 19.8 Å². The molecule has 0 bridgehead atoms. The van der Waals surface area contributed by atoms with E-state index < -0.39 is 10.0 Å². The van der Waals surface area contributed by atoms with Gasteiger partial charge in [0, 0.05) is 37.7 Å². The van der Waals surface area contributed by atoms with Crippen LogP contribution in [0.25, 0.3) is 0 Å². The van der Waals surface area contributed by atoms with Crippen molar-refractivity contribution in [3.05, 3.63) is 17.5 Å². The van der Waals surface area contributed by atoms with E-state index in [-0.39, 0.29) is 24.8 Å². The first kappa shape index (κ1) is 16.0. The van der Waals surface area contributed by atoms with Crippen molar-refractivity contribution in [1.29, 1.82) is 0 Å².